The van der Waals surface area contributed by atoms with Gasteiger partial charge in [-0.05, 0) is 24.2 Å². The summed E-state index contributed by atoms with van der Waals surface area (Å²) < 4.78 is 9.08. The predicted octanol–water partition coefficient (Wildman–Crippen LogP) is 2.14. The zero-order valence-electron chi connectivity index (χ0n) is 12.8. The third-order valence-corrected chi connectivity index (χ3v) is 4.60. The van der Waals surface area contributed by atoms with Crippen LogP contribution >= 0.6 is 0 Å². The van der Waals surface area contributed by atoms with E-state index in [0.717, 1.165) is 25.7 Å². The maximum Gasteiger partial charge on any atom is 0.313 e. The van der Waals surface area contributed by atoms with Gasteiger partial charge in [0.15, 0.2) is 0 Å². The Morgan fingerprint density at radius 2 is 1.41 bits per heavy atom. The first-order valence-electron chi connectivity index (χ1n) is 7.95. The molecule has 0 aromatic carbocycles. The average Bonchev–Trinajstić information content (AvgIpc) is 2.41. The summed E-state index contributed by atoms with van der Waals surface area (Å²) in [6, 6.07) is 0. The normalized spacial score (nSPS) is 22.4. The van der Waals surface area contributed by atoms with Crippen LogP contribution in [0.1, 0.15) is 58.3 Å². The van der Waals surface area contributed by atoms with Gasteiger partial charge in [-0.2, -0.15) is 0 Å². The molecule has 0 aromatic heterocycles. The van der Waals surface area contributed by atoms with Crippen molar-refractivity contribution in [2.45, 2.75) is 58.3 Å². The van der Waals surface area contributed by atoms with E-state index < -0.39 is 23.9 Å². The molecule has 2 aliphatic heterocycles. The first-order chi connectivity index (χ1) is 10.5. The van der Waals surface area contributed by atoms with Gasteiger partial charge in [-0.1, -0.05) is 26.2 Å². The lowest BCUT2D eigenvalue weighted by molar-refractivity contribution is -0.168. The van der Waals surface area contributed by atoms with Crippen molar-refractivity contribution in [1.82, 2.24) is 0 Å². The fourth-order valence-corrected chi connectivity index (χ4v) is 3.44. The van der Waals surface area contributed by atoms with Crippen LogP contribution in [0, 0.1) is 17.8 Å². The molecule has 0 saturated carbocycles. The van der Waals surface area contributed by atoms with Crippen molar-refractivity contribution in [1.29, 1.82) is 0 Å². The minimum absolute atomic E-state index is 0.0525. The van der Waals surface area contributed by atoms with E-state index in [2.05, 4.69) is 16.4 Å². The second-order valence-electron chi connectivity index (χ2n) is 6.23. The minimum atomic E-state index is -0.436. The molecule has 0 bridgehead atoms. The van der Waals surface area contributed by atoms with Crippen LogP contribution in [0.25, 0.3) is 0 Å². The Kier molecular flexibility index (Phi) is 5.69. The number of hydrogen-bond acceptors (Lipinski definition) is 6. The van der Waals surface area contributed by atoms with Gasteiger partial charge in [0.1, 0.15) is 0 Å². The number of hydrogen-bond donors (Lipinski definition) is 0. The molecule has 0 aromatic rings. The maximum absolute atomic E-state index is 11.4. The van der Waals surface area contributed by atoms with E-state index in [1.807, 2.05) is 0 Å². The van der Waals surface area contributed by atoms with Crippen LogP contribution < -0.4 is 0 Å². The van der Waals surface area contributed by atoms with Gasteiger partial charge in [0.2, 0.25) is 0 Å². The van der Waals surface area contributed by atoms with Gasteiger partial charge < -0.3 is 9.47 Å². The lowest BCUT2D eigenvalue weighted by Gasteiger charge is -2.28. The average molecular weight is 310 g/mol. The maximum atomic E-state index is 11.4. The van der Waals surface area contributed by atoms with Gasteiger partial charge in [-0.3, -0.25) is 19.2 Å². The van der Waals surface area contributed by atoms with Crippen LogP contribution in [0.3, 0.4) is 0 Å². The summed E-state index contributed by atoms with van der Waals surface area (Å²) in [5, 5.41) is 0. The largest absolute Gasteiger partial charge is 0.393 e. The van der Waals surface area contributed by atoms with Crippen molar-refractivity contribution in [3.05, 3.63) is 0 Å². The molecule has 122 valence electrons. The summed E-state index contributed by atoms with van der Waals surface area (Å²) >= 11 is 0. The van der Waals surface area contributed by atoms with E-state index >= 15 is 0 Å². The zero-order valence-corrected chi connectivity index (χ0v) is 12.8. The number of carbonyl (C=O) groups excluding carboxylic acids is 4. The second kappa shape index (κ2) is 7.51. The van der Waals surface area contributed by atoms with Crippen LogP contribution in [0.15, 0.2) is 0 Å². The summed E-state index contributed by atoms with van der Waals surface area (Å²) in [5.41, 5.74) is 0. The first-order valence-corrected chi connectivity index (χ1v) is 7.95. The monoisotopic (exact) mass is 310 g/mol. The number of esters is 4. The molecule has 2 heterocycles. The number of rotatable bonds is 6. The molecule has 1 unspecified atom stereocenters. The molecule has 6 nitrogen and oxygen atoms in total. The van der Waals surface area contributed by atoms with Crippen LogP contribution in [-0.2, 0) is 28.7 Å². The van der Waals surface area contributed by atoms with Gasteiger partial charge in [-0.15, -0.1) is 0 Å². The minimum Gasteiger partial charge on any atom is -0.393 e. The highest BCUT2D eigenvalue weighted by atomic mass is 16.6. The number of cyclic esters (lactones) is 4. The molecule has 0 N–H and O–H groups in total. The molecule has 2 saturated heterocycles. The third-order valence-electron chi connectivity index (χ3n) is 4.60. The van der Waals surface area contributed by atoms with Gasteiger partial charge in [-0.25, -0.2) is 0 Å². The Morgan fingerprint density at radius 3 is 1.91 bits per heavy atom. The highest BCUT2D eigenvalue weighted by molar-refractivity contribution is 5.89. The smallest absolute Gasteiger partial charge is 0.313 e. The van der Waals surface area contributed by atoms with Gasteiger partial charge in [0.25, 0.3) is 0 Å². The molecule has 2 fully saturated rings. The molecule has 0 radical (unpaired) electrons. The highest BCUT2D eigenvalue weighted by Gasteiger charge is 2.32. The summed E-state index contributed by atoms with van der Waals surface area (Å²) in [6.45, 7) is 2.05. The van der Waals surface area contributed by atoms with Crippen LogP contribution in [0.2, 0.25) is 0 Å². The lowest BCUT2D eigenvalue weighted by atomic mass is 9.80. The molecule has 1 atom stereocenters. The number of ether oxygens (including phenoxy) is 2. The summed E-state index contributed by atoms with van der Waals surface area (Å²) in [4.78, 5) is 45.2. The third kappa shape index (κ3) is 4.64. The van der Waals surface area contributed by atoms with Crippen molar-refractivity contribution < 1.29 is 28.7 Å². The van der Waals surface area contributed by atoms with Crippen LogP contribution in [0.4, 0.5) is 0 Å². The first kappa shape index (κ1) is 16.6. The predicted molar refractivity (Wildman–Crippen MR) is 75.3 cm³/mol. The molecule has 0 spiro atoms. The molecule has 2 aliphatic rings. The summed E-state index contributed by atoms with van der Waals surface area (Å²) in [7, 11) is 0. The summed E-state index contributed by atoms with van der Waals surface area (Å²) in [5.74, 6) is -1.33. The quantitative estimate of drug-likeness (QED) is 0.552. The fraction of sp³-hybridized carbons (Fsp3) is 0.750. The van der Waals surface area contributed by atoms with Crippen LogP contribution in [0.5, 0.6) is 0 Å². The Bertz CT molecular complexity index is 437. The van der Waals surface area contributed by atoms with E-state index in [-0.39, 0.29) is 11.8 Å². The molecule has 22 heavy (non-hydrogen) atoms. The topological polar surface area (TPSA) is 86.7 Å². The standard InChI is InChI=1S/C16H22O6/c1-2-11(12-8-15(19)22-16(20)9-12)5-3-4-10-6-13(17)21-14(18)7-10/h10-12H,2-9H2,1H3. The number of carbonyl (C=O) groups is 4. The highest BCUT2D eigenvalue weighted by Crippen LogP contribution is 2.32. The van der Waals surface area contributed by atoms with Crippen LogP contribution in [-0.4, -0.2) is 23.9 Å². The zero-order chi connectivity index (χ0) is 16.1. The Hall–Kier alpha value is -1.72. The molecule has 2 rings (SSSR count). The van der Waals surface area contributed by atoms with E-state index in [0.29, 0.717) is 31.6 Å². The molecule has 0 amide bonds. The van der Waals surface area contributed by atoms with Crippen molar-refractivity contribution in [3.8, 4) is 0 Å². The van der Waals surface area contributed by atoms with E-state index in [9.17, 15) is 19.2 Å². The molecule has 6 heteroatoms. The Labute approximate surface area is 129 Å². The lowest BCUT2D eigenvalue weighted by Crippen LogP contribution is -2.30. The molecular weight excluding hydrogens is 288 g/mol. The SMILES string of the molecule is CCC(CCCC1CC(=O)OC(=O)C1)C1CC(=O)OC(=O)C1. The fourth-order valence-electron chi connectivity index (χ4n) is 3.44. The summed E-state index contributed by atoms with van der Waals surface area (Å²) in [6.07, 6.45) is 4.68. The van der Waals surface area contributed by atoms with Crippen molar-refractivity contribution in [2.24, 2.45) is 17.8 Å². The van der Waals surface area contributed by atoms with E-state index in [1.54, 1.807) is 0 Å². The van der Waals surface area contributed by atoms with Crippen molar-refractivity contribution in [2.75, 3.05) is 0 Å². The second-order valence-corrected chi connectivity index (χ2v) is 6.23. The van der Waals surface area contributed by atoms with E-state index in [1.165, 1.54) is 0 Å². The van der Waals surface area contributed by atoms with E-state index in [4.69, 9.17) is 0 Å². The van der Waals surface area contributed by atoms with Crippen molar-refractivity contribution in [3.63, 3.8) is 0 Å². The van der Waals surface area contributed by atoms with Crippen molar-refractivity contribution >= 4 is 23.9 Å². The molecule has 0 aliphatic carbocycles. The van der Waals surface area contributed by atoms with Gasteiger partial charge >= 0.3 is 23.9 Å². The molecular formula is C16H22O6. The Morgan fingerprint density at radius 1 is 0.909 bits per heavy atom. The van der Waals surface area contributed by atoms with Gasteiger partial charge in [0.05, 0.1) is 0 Å². The van der Waals surface area contributed by atoms with Gasteiger partial charge in [0, 0.05) is 25.7 Å². The Balaban J connectivity index is 1.78.